The summed E-state index contributed by atoms with van der Waals surface area (Å²) < 4.78 is 0. The number of aryl methyl sites for hydroxylation is 1. The maximum atomic E-state index is 12.9. The highest BCUT2D eigenvalue weighted by Gasteiger charge is 2.20. The van der Waals surface area contributed by atoms with Gasteiger partial charge in [0, 0.05) is 29.0 Å². The van der Waals surface area contributed by atoms with Crippen molar-refractivity contribution in [2.24, 2.45) is 0 Å². The van der Waals surface area contributed by atoms with Crippen LogP contribution in [0.2, 0.25) is 0 Å². The van der Waals surface area contributed by atoms with Crippen molar-refractivity contribution in [3.05, 3.63) is 41.6 Å². The van der Waals surface area contributed by atoms with Gasteiger partial charge in [-0.2, -0.15) is 0 Å². The Morgan fingerprint density at radius 1 is 1.33 bits per heavy atom. The topological polar surface area (TPSA) is 33.2 Å². The summed E-state index contributed by atoms with van der Waals surface area (Å²) in [6, 6.07) is 9.91. The first-order valence-corrected chi connectivity index (χ1v) is 8.40. The summed E-state index contributed by atoms with van der Waals surface area (Å²) in [5, 5.41) is 1.83. The molecule has 1 aromatic heterocycles. The minimum atomic E-state index is 0.0904. The molecule has 0 radical (unpaired) electrons. The molecule has 1 amide bonds. The van der Waals surface area contributed by atoms with E-state index in [0.717, 1.165) is 40.5 Å². The second kappa shape index (κ2) is 7.03. The Kier molecular flexibility index (Phi) is 5.34. The third-order valence-corrected chi connectivity index (χ3v) is 4.05. The van der Waals surface area contributed by atoms with Crippen LogP contribution in [0.4, 0.5) is 0 Å². The Hall–Kier alpha value is -1.42. The van der Waals surface area contributed by atoms with Gasteiger partial charge in [-0.05, 0) is 39.3 Å². The Balaban J connectivity index is 2.46. The third kappa shape index (κ3) is 3.62. The van der Waals surface area contributed by atoms with Gasteiger partial charge in [0.1, 0.15) is 0 Å². The van der Waals surface area contributed by atoms with E-state index in [2.05, 4.69) is 34.8 Å². The van der Waals surface area contributed by atoms with Crippen LogP contribution in [0.3, 0.4) is 0 Å². The van der Waals surface area contributed by atoms with Crippen LogP contribution in [0.1, 0.15) is 36.3 Å². The van der Waals surface area contributed by atoms with Crippen molar-refractivity contribution in [2.45, 2.75) is 33.2 Å². The molecule has 0 fully saturated rings. The van der Waals surface area contributed by atoms with Crippen molar-refractivity contribution in [1.82, 2.24) is 9.88 Å². The maximum absolute atomic E-state index is 12.9. The summed E-state index contributed by atoms with van der Waals surface area (Å²) in [5.74, 6) is 0.0904. The number of pyridine rings is 1. The van der Waals surface area contributed by atoms with Gasteiger partial charge in [0.2, 0.25) is 0 Å². The maximum Gasteiger partial charge on any atom is 0.254 e. The largest absolute Gasteiger partial charge is 0.336 e. The van der Waals surface area contributed by atoms with Crippen LogP contribution in [0.25, 0.3) is 10.9 Å². The monoisotopic (exact) mass is 348 g/mol. The Morgan fingerprint density at radius 2 is 2.05 bits per heavy atom. The molecule has 0 aliphatic carbocycles. The molecular formula is C17H21BrN2O. The van der Waals surface area contributed by atoms with Crippen LogP contribution >= 0.6 is 15.9 Å². The van der Waals surface area contributed by atoms with Crippen LogP contribution < -0.4 is 0 Å². The zero-order valence-electron chi connectivity index (χ0n) is 12.8. The fraction of sp³-hybridized carbons (Fsp3) is 0.412. The molecule has 1 heterocycles. The van der Waals surface area contributed by atoms with Gasteiger partial charge in [-0.1, -0.05) is 34.1 Å². The quantitative estimate of drug-likeness (QED) is 0.759. The molecule has 0 aliphatic rings. The van der Waals surface area contributed by atoms with E-state index in [4.69, 9.17) is 0 Å². The fourth-order valence-electron chi connectivity index (χ4n) is 2.46. The number of carbonyl (C=O) groups is 1. The Bertz CT molecular complexity index is 640. The van der Waals surface area contributed by atoms with Gasteiger partial charge in [-0.25, -0.2) is 0 Å². The van der Waals surface area contributed by atoms with E-state index in [1.54, 1.807) is 0 Å². The summed E-state index contributed by atoms with van der Waals surface area (Å²) in [5.41, 5.74) is 2.51. The van der Waals surface area contributed by atoms with Gasteiger partial charge in [0.25, 0.3) is 5.91 Å². The normalized spacial score (nSPS) is 11.1. The number of amides is 1. The number of halogens is 1. The van der Waals surface area contributed by atoms with E-state index in [-0.39, 0.29) is 11.9 Å². The number of nitrogens with zero attached hydrogens (tertiary/aromatic N) is 2. The molecule has 1 aromatic carbocycles. The average Bonchev–Trinajstić information content (AvgIpc) is 2.46. The summed E-state index contributed by atoms with van der Waals surface area (Å²) in [7, 11) is 0. The third-order valence-electron chi connectivity index (χ3n) is 3.49. The van der Waals surface area contributed by atoms with Gasteiger partial charge >= 0.3 is 0 Å². The van der Waals surface area contributed by atoms with E-state index in [1.807, 2.05) is 42.2 Å². The molecule has 0 bridgehead atoms. The summed E-state index contributed by atoms with van der Waals surface area (Å²) >= 11 is 3.44. The standard InChI is InChI=1S/C17H21BrN2O/c1-12(2)20(10-6-9-18)17(21)15-11-13(3)19-16-8-5-4-7-14(15)16/h4-5,7-8,11-12H,6,9-10H2,1-3H3. The van der Waals surface area contributed by atoms with E-state index < -0.39 is 0 Å². The molecule has 0 N–H and O–H groups in total. The highest BCUT2D eigenvalue weighted by atomic mass is 79.9. The number of carbonyl (C=O) groups excluding carboxylic acids is 1. The minimum absolute atomic E-state index is 0.0904. The lowest BCUT2D eigenvalue weighted by molar-refractivity contribution is 0.0708. The van der Waals surface area contributed by atoms with E-state index >= 15 is 0 Å². The van der Waals surface area contributed by atoms with Crippen molar-refractivity contribution < 1.29 is 4.79 Å². The number of rotatable bonds is 5. The lowest BCUT2D eigenvalue weighted by Crippen LogP contribution is -2.38. The molecule has 0 spiro atoms. The molecule has 2 rings (SSSR count). The van der Waals surface area contributed by atoms with Crippen LogP contribution in [-0.2, 0) is 0 Å². The van der Waals surface area contributed by atoms with E-state index in [9.17, 15) is 4.79 Å². The Labute approximate surface area is 134 Å². The molecule has 21 heavy (non-hydrogen) atoms. The lowest BCUT2D eigenvalue weighted by atomic mass is 10.1. The van der Waals surface area contributed by atoms with Crippen molar-refractivity contribution >= 4 is 32.7 Å². The number of alkyl halides is 1. The van der Waals surface area contributed by atoms with Gasteiger partial charge in [0.15, 0.2) is 0 Å². The molecule has 112 valence electrons. The number of hydrogen-bond acceptors (Lipinski definition) is 2. The van der Waals surface area contributed by atoms with Crippen molar-refractivity contribution in [3.63, 3.8) is 0 Å². The fourth-order valence-corrected chi connectivity index (χ4v) is 2.71. The van der Waals surface area contributed by atoms with Crippen LogP contribution in [0, 0.1) is 6.92 Å². The van der Waals surface area contributed by atoms with E-state index in [1.165, 1.54) is 0 Å². The highest BCUT2D eigenvalue weighted by Crippen LogP contribution is 2.21. The summed E-state index contributed by atoms with van der Waals surface area (Å²) in [6.45, 7) is 6.81. The number of fused-ring (bicyclic) bond motifs is 1. The molecule has 0 unspecified atom stereocenters. The number of hydrogen-bond donors (Lipinski definition) is 0. The van der Waals surface area contributed by atoms with Crippen molar-refractivity contribution in [2.75, 3.05) is 11.9 Å². The van der Waals surface area contributed by atoms with Gasteiger partial charge in [0.05, 0.1) is 11.1 Å². The molecule has 0 saturated carbocycles. The molecule has 0 atom stereocenters. The first-order chi connectivity index (χ1) is 10.0. The Morgan fingerprint density at radius 3 is 2.71 bits per heavy atom. The molecule has 0 aliphatic heterocycles. The number of aromatic nitrogens is 1. The average molecular weight is 349 g/mol. The molecular weight excluding hydrogens is 328 g/mol. The lowest BCUT2D eigenvalue weighted by Gasteiger charge is -2.27. The van der Waals surface area contributed by atoms with Crippen molar-refractivity contribution in [3.8, 4) is 0 Å². The first-order valence-electron chi connectivity index (χ1n) is 7.28. The van der Waals surface area contributed by atoms with Crippen molar-refractivity contribution in [1.29, 1.82) is 0 Å². The van der Waals surface area contributed by atoms with Gasteiger partial charge < -0.3 is 4.90 Å². The molecule has 3 nitrogen and oxygen atoms in total. The molecule has 4 heteroatoms. The molecule has 2 aromatic rings. The van der Waals surface area contributed by atoms with Crippen LogP contribution in [0.5, 0.6) is 0 Å². The zero-order chi connectivity index (χ0) is 15.4. The minimum Gasteiger partial charge on any atom is -0.336 e. The predicted molar refractivity (Wildman–Crippen MR) is 91.1 cm³/mol. The second-order valence-electron chi connectivity index (χ2n) is 5.46. The summed E-state index contributed by atoms with van der Waals surface area (Å²) in [4.78, 5) is 19.4. The second-order valence-corrected chi connectivity index (χ2v) is 6.26. The number of benzene rings is 1. The van der Waals surface area contributed by atoms with Crippen LogP contribution in [-0.4, -0.2) is 33.7 Å². The van der Waals surface area contributed by atoms with Gasteiger partial charge in [-0.3, -0.25) is 9.78 Å². The SMILES string of the molecule is Cc1cc(C(=O)N(CCCBr)C(C)C)c2ccccc2n1. The first kappa shape index (κ1) is 16.0. The predicted octanol–water partition coefficient (Wildman–Crippen LogP) is 4.18. The van der Waals surface area contributed by atoms with Crippen LogP contribution in [0.15, 0.2) is 30.3 Å². The number of para-hydroxylation sites is 1. The molecule has 0 saturated heterocycles. The van der Waals surface area contributed by atoms with Gasteiger partial charge in [-0.15, -0.1) is 0 Å². The van der Waals surface area contributed by atoms with E-state index in [0.29, 0.717) is 0 Å². The smallest absolute Gasteiger partial charge is 0.254 e. The highest BCUT2D eigenvalue weighted by molar-refractivity contribution is 9.09. The summed E-state index contributed by atoms with van der Waals surface area (Å²) in [6.07, 6.45) is 0.950. The zero-order valence-corrected chi connectivity index (χ0v) is 14.4.